The molecule has 32 heavy (non-hydrogen) atoms. The Balaban J connectivity index is 1.59. The van der Waals surface area contributed by atoms with Crippen LogP contribution in [-0.2, 0) is 18.4 Å². The summed E-state index contributed by atoms with van der Waals surface area (Å²) in [5.74, 6) is 0.956. The summed E-state index contributed by atoms with van der Waals surface area (Å²) < 4.78 is 3.22. The van der Waals surface area contributed by atoms with Crippen molar-refractivity contribution in [3.8, 4) is 0 Å². The number of fused-ring (bicyclic) bond motifs is 1. The molecule has 4 rings (SSSR count). The molecular weight excluding hydrogens is 432 g/mol. The van der Waals surface area contributed by atoms with Gasteiger partial charge in [0.05, 0.1) is 0 Å². The quantitative estimate of drug-likeness (QED) is 0.294. The van der Waals surface area contributed by atoms with Crippen LogP contribution in [0.4, 0.5) is 5.95 Å². The summed E-state index contributed by atoms with van der Waals surface area (Å²) >= 11 is 1.55. The van der Waals surface area contributed by atoms with Crippen molar-refractivity contribution in [3.63, 3.8) is 0 Å². The van der Waals surface area contributed by atoms with Crippen LogP contribution >= 0.6 is 11.8 Å². The third kappa shape index (κ3) is 4.40. The normalized spacial score (nSPS) is 14.9. The number of anilines is 1. The van der Waals surface area contributed by atoms with Gasteiger partial charge in [-0.15, -0.1) is 0 Å². The smallest absolute Gasteiger partial charge is 0.329 e. The molecule has 0 radical (unpaired) electrons. The Morgan fingerprint density at radius 3 is 2.72 bits per heavy atom. The van der Waals surface area contributed by atoms with E-state index in [4.69, 9.17) is 5.73 Å². The number of H-pyrrole nitrogens is 1. The summed E-state index contributed by atoms with van der Waals surface area (Å²) in [4.78, 5) is 54.0. The number of hydrogen-bond donors (Lipinski definition) is 2. The van der Waals surface area contributed by atoms with Gasteiger partial charge in [0.2, 0.25) is 11.9 Å². The molecule has 12 heteroatoms. The Hall–Kier alpha value is -3.15. The van der Waals surface area contributed by atoms with E-state index in [9.17, 15) is 14.4 Å². The molecular formula is C20H26N8O3S. The van der Waals surface area contributed by atoms with E-state index in [1.807, 2.05) is 17.6 Å². The summed E-state index contributed by atoms with van der Waals surface area (Å²) in [6.07, 6.45) is 3.76. The molecule has 1 fully saturated rings. The van der Waals surface area contributed by atoms with E-state index < -0.39 is 11.2 Å². The zero-order valence-electron chi connectivity index (χ0n) is 18.1. The van der Waals surface area contributed by atoms with Gasteiger partial charge in [0.1, 0.15) is 0 Å². The number of nitrogens with one attached hydrogen (secondary N) is 1. The van der Waals surface area contributed by atoms with Gasteiger partial charge in [-0.05, 0) is 32.3 Å². The van der Waals surface area contributed by atoms with Crippen molar-refractivity contribution >= 4 is 34.8 Å². The van der Waals surface area contributed by atoms with Gasteiger partial charge in [-0.25, -0.2) is 14.8 Å². The van der Waals surface area contributed by atoms with Crippen LogP contribution in [0.3, 0.4) is 0 Å². The predicted octanol–water partition coefficient (Wildman–Crippen LogP) is 0.406. The highest BCUT2D eigenvalue weighted by atomic mass is 32.2. The molecule has 1 saturated heterocycles. The van der Waals surface area contributed by atoms with Crippen LogP contribution in [0, 0.1) is 12.8 Å². The standard InChI is InChI=1S/C20H26N8O3S/c1-12-4-7-22-18(23-12)32-11-3-8-28-14-16(26(2)20(31)25-17(14)30)24-19(28)27-9-5-13(6-10-27)15(21)29/h4,7,13H,3,5-6,8-11H2,1-2H3,(H2,21,29)(H,25,30,31). The van der Waals surface area contributed by atoms with E-state index in [0.29, 0.717) is 49.6 Å². The molecule has 0 bridgehead atoms. The fraction of sp³-hybridized carbons (Fsp3) is 0.500. The minimum absolute atomic E-state index is 0.150. The molecule has 1 amide bonds. The second-order valence-corrected chi connectivity index (χ2v) is 8.96. The summed E-state index contributed by atoms with van der Waals surface area (Å²) in [5, 5.41) is 0.717. The molecule has 11 nitrogen and oxygen atoms in total. The summed E-state index contributed by atoms with van der Waals surface area (Å²) in [6, 6.07) is 1.85. The summed E-state index contributed by atoms with van der Waals surface area (Å²) in [6.45, 7) is 3.68. The Labute approximate surface area is 188 Å². The monoisotopic (exact) mass is 458 g/mol. The average Bonchev–Trinajstić information content (AvgIpc) is 3.15. The Bertz CT molecular complexity index is 1260. The van der Waals surface area contributed by atoms with E-state index in [-0.39, 0.29) is 11.8 Å². The number of nitrogens with zero attached hydrogens (tertiary/aromatic N) is 6. The largest absolute Gasteiger partial charge is 0.369 e. The SMILES string of the molecule is Cc1ccnc(SCCCn2c(N3CCC(C(N)=O)CC3)nc3c2c(=O)[nH]c(=O)n3C)n1. The molecule has 3 N–H and O–H groups in total. The van der Waals surface area contributed by atoms with E-state index in [1.54, 1.807) is 25.0 Å². The number of hydrogen-bond acceptors (Lipinski definition) is 8. The van der Waals surface area contributed by atoms with Crippen molar-refractivity contribution in [2.24, 2.45) is 18.7 Å². The fourth-order valence-corrected chi connectivity index (χ4v) is 4.72. The number of rotatable bonds is 7. The lowest BCUT2D eigenvalue weighted by Gasteiger charge is -2.31. The molecule has 0 saturated carbocycles. The number of carbonyl (C=O) groups is 1. The molecule has 0 aliphatic carbocycles. The number of aromatic nitrogens is 6. The fourth-order valence-electron chi connectivity index (χ4n) is 3.92. The first-order chi connectivity index (χ1) is 15.3. The number of carbonyl (C=O) groups excluding carboxylic acids is 1. The van der Waals surface area contributed by atoms with Crippen LogP contribution in [-0.4, -0.2) is 53.8 Å². The van der Waals surface area contributed by atoms with Crippen molar-refractivity contribution in [3.05, 3.63) is 38.8 Å². The lowest BCUT2D eigenvalue weighted by atomic mass is 9.96. The molecule has 3 aromatic rings. The second kappa shape index (κ2) is 9.15. The molecule has 170 valence electrons. The van der Waals surface area contributed by atoms with Crippen molar-refractivity contribution in [1.29, 1.82) is 0 Å². The van der Waals surface area contributed by atoms with Crippen LogP contribution in [0.25, 0.3) is 11.2 Å². The highest BCUT2D eigenvalue weighted by Crippen LogP contribution is 2.26. The third-order valence-electron chi connectivity index (χ3n) is 5.70. The number of thioether (sulfide) groups is 1. The summed E-state index contributed by atoms with van der Waals surface area (Å²) in [7, 11) is 1.59. The van der Waals surface area contributed by atoms with Gasteiger partial charge in [-0.3, -0.25) is 19.1 Å². The number of piperidine rings is 1. The van der Waals surface area contributed by atoms with E-state index in [0.717, 1.165) is 23.0 Å². The number of aromatic amines is 1. The second-order valence-electron chi connectivity index (χ2n) is 7.90. The average molecular weight is 459 g/mol. The molecule has 3 aromatic heterocycles. The van der Waals surface area contributed by atoms with E-state index >= 15 is 0 Å². The number of primary amides is 1. The van der Waals surface area contributed by atoms with Crippen molar-refractivity contribution in [2.45, 2.75) is 37.9 Å². The third-order valence-corrected chi connectivity index (χ3v) is 6.64. The first-order valence-corrected chi connectivity index (χ1v) is 11.5. The number of imidazole rings is 1. The van der Waals surface area contributed by atoms with Crippen LogP contribution in [0.1, 0.15) is 25.0 Å². The van der Waals surface area contributed by atoms with Crippen LogP contribution in [0.15, 0.2) is 27.0 Å². The highest BCUT2D eigenvalue weighted by Gasteiger charge is 2.27. The predicted molar refractivity (Wildman–Crippen MR) is 122 cm³/mol. The Morgan fingerprint density at radius 1 is 1.28 bits per heavy atom. The molecule has 1 aliphatic heterocycles. The lowest BCUT2D eigenvalue weighted by molar-refractivity contribution is -0.122. The molecule has 0 atom stereocenters. The minimum atomic E-state index is -0.502. The van der Waals surface area contributed by atoms with Gasteiger partial charge >= 0.3 is 5.69 Å². The minimum Gasteiger partial charge on any atom is -0.369 e. The number of aryl methyl sites for hydroxylation is 3. The zero-order valence-corrected chi connectivity index (χ0v) is 18.9. The molecule has 0 aromatic carbocycles. The van der Waals surface area contributed by atoms with Gasteiger partial charge in [0, 0.05) is 50.2 Å². The van der Waals surface area contributed by atoms with Gasteiger partial charge in [0.15, 0.2) is 16.3 Å². The van der Waals surface area contributed by atoms with Crippen LogP contribution in [0.2, 0.25) is 0 Å². The topological polar surface area (TPSA) is 145 Å². The van der Waals surface area contributed by atoms with Gasteiger partial charge in [-0.2, -0.15) is 4.98 Å². The van der Waals surface area contributed by atoms with Gasteiger partial charge in [-0.1, -0.05) is 11.8 Å². The number of nitrogens with two attached hydrogens (primary N) is 1. The van der Waals surface area contributed by atoms with Crippen LogP contribution in [0.5, 0.6) is 0 Å². The first kappa shape index (κ1) is 22.1. The maximum atomic E-state index is 12.7. The number of amides is 1. The molecule has 0 unspecified atom stereocenters. The van der Waals surface area contributed by atoms with Crippen molar-refractivity contribution in [2.75, 3.05) is 23.7 Å². The highest BCUT2D eigenvalue weighted by molar-refractivity contribution is 7.99. The van der Waals surface area contributed by atoms with E-state index in [2.05, 4.69) is 24.8 Å². The first-order valence-electron chi connectivity index (χ1n) is 10.5. The lowest BCUT2D eigenvalue weighted by Crippen LogP contribution is -2.39. The molecule has 0 spiro atoms. The van der Waals surface area contributed by atoms with Crippen molar-refractivity contribution in [1.82, 2.24) is 29.1 Å². The molecule has 4 heterocycles. The van der Waals surface area contributed by atoms with Crippen molar-refractivity contribution < 1.29 is 4.79 Å². The maximum absolute atomic E-state index is 12.7. The summed E-state index contributed by atoms with van der Waals surface area (Å²) in [5.41, 5.74) is 6.14. The maximum Gasteiger partial charge on any atom is 0.329 e. The molecule has 1 aliphatic rings. The van der Waals surface area contributed by atoms with E-state index in [1.165, 1.54) is 4.57 Å². The zero-order chi connectivity index (χ0) is 22.8. The Kier molecular flexibility index (Phi) is 6.31. The Morgan fingerprint density at radius 2 is 2.03 bits per heavy atom. The van der Waals surface area contributed by atoms with Crippen LogP contribution < -0.4 is 21.9 Å². The van der Waals surface area contributed by atoms with Gasteiger partial charge in [0.25, 0.3) is 5.56 Å². The van der Waals surface area contributed by atoms with Gasteiger partial charge < -0.3 is 15.2 Å².